The first-order valence-electron chi connectivity index (χ1n) is 6.13. The minimum absolute atomic E-state index is 0.277. The Hall–Kier alpha value is -1.13. The summed E-state index contributed by atoms with van der Waals surface area (Å²) in [5.41, 5.74) is 9.08. The highest BCUT2D eigenvalue weighted by atomic mass is 16.5. The summed E-state index contributed by atoms with van der Waals surface area (Å²) in [6, 6.07) is 2.54. The summed E-state index contributed by atoms with van der Waals surface area (Å²) in [5, 5.41) is 0. The zero-order valence-corrected chi connectivity index (χ0v) is 10.8. The van der Waals surface area contributed by atoms with Crippen molar-refractivity contribution in [2.75, 3.05) is 18.6 Å². The Morgan fingerprint density at radius 3 is 2.94 bits per heavy atom. The van der Waals surface area contributed by atoms with Gasteiger partial charge in [0.1, 0.15) is 0 Å². The van der Waals surface area contributed by atoms with Crippen molar-refractivity contribution in [3.05, 3.63) is 23.5 Å². The molecular weight excluding hydrogens is 214 g/mol. The van der Waals surface area contributed by atoms with Gasteiger partial charge in [0.05, 0.1) is 12.1 Å². The SMILES string of the molecule is Cc1cc(N(C)C2CCOC2C)c(CN)cn1. The highest BCUT2D eigenvalue weighted by Crippen LogP contribution is 2.27. The highest BCUT2D eigenvalue weighted by molar-refractivity contribution is 5.54. The first kappa shape index (κ1) is 12.3. The lowest BCUT2D eigenvalue weighted by molar-refractivity contribution is 0.118. The summed E-state index contributed by atoms with van der Waals surface area (Å²) in [6.45, 7) is 5.50. The van der Waals surface area contributed by atoms with Gasteiger partial charge in [-0.25, -0.2) is 0 Å². The molecule has 0 aromatic carbocycles. The molecule has 0 aliphatic carbocycles. The van der Waals surface area contributed by atoms with Crippen LogP contribution in [-0.2, 0) is 11.3 Å². The van der Waals surface area contributed by atoms with Gasteiger partial charge in [-0.15, -0.1) is 0 Å². The molecule has 1 aromatic rings. The van der Waals surface area contributed by atoms with Crippen molar-refractivity contribution < 1.29 is 4.74 Å². The molecule has 1 fully saturated rings. The van der Waals surface area contributed by atoms with Crippen LogP contribution < -0.4 is 10.6 Å². The molecule has 17 heavy (non-hydrogen) atoms. The van der Waals surface area contributed by atoms with Crippen LogP contribution in [0.4, 0.5) is 5.69 Å². The molecule has 0 radical (unpaired) electrons. The number of likely N-dealkylation sites (N-methyl/N-ethyl adjacent to an activating group) is 1. The van der Waals surface area contributed by atoms with E-state index in [4.69, 9.17) is 10.5 Å². The van der Waals surface area contributed by atoms with Crippen LogP contribution in [0.25, 0.3) is 0 Å². The third-order valence-electron chi connectivity index (χ3n) is 3.53. The largest absolute Gasteiger partial charge is 0.376 e. The van der Waals surface area contributed by atoms with Crippen LogP contribution >= 0.6 is 0 Å². The number of nitrogens with two attached hydrogens (primary N) is 1. The van der Waals surface area contributed by atoms with Gasteiger partial charge in [-0.2, -0.15) is 0 Å². The normalized spacial score (nSPS) is 24.0. The fourth-order valence-electron chi connectivity index (χ4n) is 2.47. The average Bonchev–Trinajstić information content (AvgIpc) is 2.74. The Labute approximate surface area is 103 Å². The number of nitrogens with zero attached hydrogens (tertiary/aromatic N) is 2. The van der Waals surface area contributed by atoms with Crippen molar-refractivity contribution >= 4 is 5.69 Å². The van der Waals surface area contributed by atoms with E-state index in [0.29, 0.717) is 12.6 Å². The van der Waals surface area contributed by atoms with Crippen molar-refractivity contribution in [1.82, 2.24) is 4.98 Å². The van der Waals surface area contributed by atoms with Crippen LogP contribution in [0.2, 0.25) is 0 Å². The fraction of sp³-hybridized carbons (Fsp3) is 0.615. The number of ether oxygens (including phenoxy) is 1. The predicted octanol–water partition coefficient (Wildman–Crippen LogP) is 1.46. The standard InChI is InChI=1S/C13H21N3O/c1-9-6-13(11(7-14)8-15-9)16(3)12-4-5-17-10(12)2/h6,8,10,12H,4-5,7,14H2,1-3H3. The lowest BCUT2D eigenvalue weighted by Crippen LogP contribution is -2.37. The maximum Gasteiger partial charge on any atom is 0.0750 e. The van der Waals surface area contributed by atoms with Gasteiger partial charge in [-0.05, 0) is 26.3 Å². The number of hydrogen-bond acceptors (Lipinski definition) is 4. The molecule has 4 heteroatoms. The number of rotatable bonds is 3. The van der Waals surface area contributed by atoms with Gasteiger partial charge < -0.3 is 15.4 Å². The molecule has 4 nitrogen and oxygen atoms in total. The molecule has 0 amide bonds. The van der Waals surface area contributed by atoms with Crippen LogP contribution in [0.1, 0.15) is 24.6 Å². The lowest BCUT2D eigenvalue weighted by Gasteiger charge is -2.30. The van der Waals surface area contributed by atoms with Crippen molar-refractivity contribution in [2.45, 2.75) is 39.0 Å². The van der Waals surface area contributed by atoms with E-state index >= 15 is 0 Å². The molecule has 2 heterocycles. The van der Waals surface area contributed by atoms with Gasteiger partial charge in [0.25, 0.3) is 0 Å². The molecule has 1 saturated heterocycles. The maximum absolute atomic E-state index is 5.77. The summed E-state index contributed by atoms with van der Waals surface area (Å²) in [5.74, 6) is 0. The van der Waals surface area contributed by atoms with Crippen LogP contribution in [0, 0.1) is 6.92 Å². The number of anilines is 1. The van der Waals surface area contributed by atoms with Gasteiger partial charge in [0.2, 0.25) is 0 Å². The molecule has 0 saturated carbocycles. The Balaban J connectivity index is 2.28. The monoisotopic (exact) mass is 235 g/mol. The third kappa shape index (κ3) is 2.42. The Kier molecular flexibility index (Phi) is 3.64. The van der Waals surface area contributed by atoms with Crippen LogP contribution in [0.3, 0.4) is 0 Å². The van der Waals surface area contributed by atoms with E-state index in [1.165, 1.54) is 5.69 Å². The van der Waals surface area contributed by atoms with Gasteiger partial charge in [0, 0.05) is 43.3 Å². The van der Waals surface area contributed by atoms with E-state index in [1.807, 2.05) is 13.1 Å². The third-order valence-corrected chi connectivity index (χ3v) is 3.53. The second kappa shape index (κ2) is 5.02. The molecule has 2 rings (SSSR count). The predicted molar refractivity (Wildman–Crippen MR) is 69.1 cm³/mol. The van der Waals surface area contributed by atoms with Crippen LogP contribution in [0.5, 0.6) is 0 Å². The molecule has 2 atom stereocenters. The highest BCUT2D eigenvalue weighted by Gasteiger charge is 2.28. The van der Waals surface area contributed by atoms with E-state index in [1.54, 1.807) is 0 Å². The second-order valence-corrected chi connectivity index (χ2v) is 4.70. The van der Waals surface area contributed by atoms with E-state index in [2.05, 4.69) is 29.9 Å². The molecule has 2 N–H and O–H groups in total. The Morgan fingerprint density at radius 2 is 2.35 bits per heavy atom. The smallest absolute Gasteiger partial charge is 0.0750 e. The van der Waals surface area contributed by atoms with Gasteiger partial charge in [0.15, 0.2) is 0 Å². The fourth-order valence-corrected chi connectivity index (χ4v) is 2.47. The molecule has 1 aromatic heterocycles. The summed E-state index contributed by atoms with van der Waals surface area (Å²) < 4.78 is 5.62. The Morgan fingerprint density at radius 1 is 1.59 bits per heavy atom. The minimum Gasteiger partial charge on any atom is -0.376 e. The van der Waals surface area contributed by atoms with E-state index in [0.717, 1.165) is 24.3 Å². The topological polar surface area (TPSA) is 51.4 Å². The first-order chi connectivity index (χ1) is 8.13. The van der Waals surface area contributed by atoms with E-state index < -0.39 is 0 Å². The molecule has 94 valence electrons. The van der Waals surface area contributed by atoms with Gasteiger partial charge >= 0.3 is 0 Å². The summed E-state index contributed by atoms with van der Waals surface area (Å²) in [7, 11) is 2.11. The number of pyridine rings is 1. The number of aromatic nitrogens is 1. The molecular formula is C13H21N3O. The zero-order chi connectivity index (χ0) is 12.4. The number of hydrogen-bond donors (Lipinski definition) is 1. The molecule has 0 spiro atoms. The van der Waals surface area contributed by atoms with E-state index in [-0.39, 0.29) is 6.10 Å². The van der Waals surface area contributed by atoms with Crippen LogP contribution in [-0.4, -0.2) is 30.8 Å². The van der Waals surface area contributed by atoms with E-state index in [9.17, 15) is 0 Å². The van der Waals surface area contributed by atoms with Crippen molar-refractivity contribution in [2.24, 2.45) is 5.73 Å². The summed E-state index contributed by atoms with van der Waals surface area (Å²) in [4.78, 5) is 6.59. The van der Waals surface area contributed by atoms with Crippen LogP contribution in [0.15, 0.2) is 12.3 Å². The maximum atomic E-state index is 5.77. The van der Waals surface area contributed by atoms with Gasteiger partial charge in [-0.1, -0.05) is 0 Å². The van der Waals surface area contributed by atoms with Crippen molar-refractivity contribution in [3.8, 4) is 0 Å². The quantitative estimate of drug-likeness (QED) is 0.862. The number of aryl methyl sites for hydroxylation is 1. The second-order valence-electron chi connectivity index (χ2n) is 4.70. The average molecular weight is 235 g/mol. The first-order valence-corrected chi connectivity index (χ1v) is 6.13. The summed E-state index contributed by atoms with van der Waals surface area (Å²) in [6.07, 6.45) is 3.23. The lowest BCUT2D eigenvalue weighted by atomic mass is 10.1. The zero-order valence-electron chi connectivity index (χ0n) is 10.8. The summed E-state index contributed by atoms with van der Waals surface area (Å²) >= 11 is 0. The molecule has 2 unspecified atom stereocenters. The minimum atomic E-state index is 0.277. The molecule has 1 aliphatic rings. The molecule has 0 bridgehead atoms. The Bertz CT molecular complexity index is 394. The molecule has 1 aliphatic heterocycles. The van der Waals surface area contributed by atoms with Crippen molar-refractivity contribution in [1.29, 1.82) is 0 Å². The van der Waals surface area contributed by atoms with Crippen molar-refractivity contribution in [3.63, 3.8) is 0 Å². The van der Waals surface area contributed by atoms with Gasteiger partial charge in [-0.3, -0.25) is 4.98 Å².